The van der Waals surface area contributed by atoms with Crippen LogP contribution in [0.15, 0.2) is 24.3 Å². The molecule has 0 saturated carbocycles. The summed E-state index contributed by atoms with van der Waals surface area (Å²) in [5.41, 5.74) is 2.28. The van der Waals surface area contributed by atoms with E-state index in [4.69, 9.17) is 4.74 Å². The van der Waals surface area contributed by atoms with Gasteiger partial charge in [-0.1, -0.05) is 24.3 Å². The Kier molecular flexibility index (Phi) is 4.43. The molecule has 2 aliphatic heterocycles. The van der Waals surface area contributed by atoms with Gasteiger partial charge in [0.25, 0.3) is 0 Å². The van der Waals surface area contributed by atoms with Crippen molar-refractivity contribution >= 4 is 11.9 Å². The molecule has 1 fully saturated rings. The predicted octanol–water partition coefficient (Wildman–Crippen LogP) is 2.16. The van der Waals surface area contributed by atoms with Gasteiger partial charge in [-0.3, -0.25) is 4.79 Å². The van der Waals surface area contributed by atoms with Crippen LogP contribution in [0.25, 0.3) is 0 Å². The molecule has 0 aliphatic carbocycles. The zero-order chi connectivity index (χ0) is 15.5. The number of carboxylic acids is 1. The number of piperidine rings is 1. The summed E-state index contributed by atoms with van der Waals surface area (Å²) in [4.78, 5) is 25.4. The molecule has 3 rings (SSSR count). The summed E-state index contributed by atoms with van der Waals surface area (Å²) in [5, 5.41) is 9.30. The minimum atomic E-state index is -0.905. The third-order valence-electron chi connectivity index (χ3n) is 4.56. The summed E-state index contributed by atoms with van der Waals surface area (Å²) in [6, 6.07) is 7.33. The monoisotopic (exact) mass is 303 g/mol. The minimum Gasteiger partial charge on any atom is -0.480 e. The quantitative estimate of drug-likeness (QED) is 0.929. The average Bonchev–Trinajstić information content (AvgIpc) is 2.55. The molecule has 2 heterocycles. The largest absolute Gasteiger partial charge is 0.480 e. The molecule has 2 aliphatic rings. The van der Waals surface area contributed by atoms with Crippen LogP contribution in [0, 0.1) is 0 Å². The van der Waals surface area contributed by atoms with Crippen molar-refractivity contribution in [2.45, 2.75) is 44.2 Å². The topological polar surface area (TPSA) is 66.8 Å². The Morgan fingerprint density at radius 3 is 2.91 bits per heavy atom. The van der Waals surface area contributed by atoms with Gasteiger partial charge in [-0.2, -0.15) is 0 Å². The van der Waals surface area contributed by atoms with Gasteiger partial charge < -0.3 is 14.7 Å². The molecular formula is C17H21NO4. The number of benzene rings is 1. The molecule has 1 aromatic carbocycles. The highest BCUT2D eigenvalue weighted by molar-refractivity contribution is 5.84. The fourth-order valence-corrected chi connectivity index (χ4v) is 3.41. The van der Waals surface area contributed by atoms with Gasteiger partial charge in [-0.05, 0) is 36.8 Å². The van der Waals surface area contributed by atoms with Crippen molar-refractivity contribution in [1.82, 2.24) is 4.90 Å². The van der Waals surface area contributed by atoms with Crippen LogP contribution in [0.2, 0.25) is 0 Å². The number of carbonyl (C=O) groups excluding carboxylic acids is 1. The number of likely N-dealkylation sites (tertiary alicyclic amines) is 1. The summed E-state index contributed by atoms with van der Waals surface area (Å²) < 4.78 is 5.77. The molecule has 0 spiro atoms. The summed E-state index contributed by atoms with van der Waals surface area (Å²) in [5.74, 6) is -1.02. The highest BCUT2D eigenvalue weighted by Gasteiger charge is 2.34. The van der Waals surface area contributed by atoms with Crippen LogP contribution in [0.5, 0.6) is 0 Å². The van der Waals surface area contributed by atoms with Crippen LogP contribution in [-0.2, 0) is 20.7 Å². The molecule has 2 atom stereocenters. The van der Waals surface area contributed by atoms with Gasteiger partial charge in [0.15, 0.2) is 0 Å². The molecule has 1 aromatic rings. The first-order chi connectivity index (χ1) is 10.7. The molecule has 5 heteroatoms. The van der Waals surface area contributed by atoms with Gasteiger partial charge in [0, 0.05) is 6.54 Å². The fraction of sp³-hybridized carbons (Fsp3) is 0.529. The van der Waals surface area contributed by atoms with Gasteiger partial charge >= 0.3 is 5.97 Å². The number of hydrogen-bond donors (Lipinski definition) is 1. The molecule has 0 unspecified atom stereocenters. The van der Waals surface area contributed by atoms with Crippen molar-refractivity contribution in [1.29, 1.82) is 0 Å². The lowest BCUT2D eigenvalue weighted by Crippen LogP contribution is -2.48. The molecular weight excluding hydrogens is 282 g/mol. The van der Waals surface area contributed by atoms with Crippen LogP contribution >= 0.6 is 0 Å². The summed E-state index contributed by atoms with van der Waals surface area (Å²) in [6.45, 7) is 1.14. The number of hydrogen-bond acceptors (Lipinski definition) is 3. The van der Waals surface area contributed by atoms with E-state index in [2.05, 4.69) is 6.07 Å². The van der Waals surface area contributed by atoms with E-state index in [0.717, 1.165) is 24.8 Å². The second kappa shape index (κ2) is 6.48. The highest BCUT2D eigenvalue weighted by Crippen LogP contribution is 2.31. The summed E-state index contributed by atoms with van der Waals surface area (Å²) >= 11 is 0. The molecule has 0 radical (unpaired) electrons. The number of carboxylic acid groups (broad SMARTS) is 1. The summed E-state index contributed by atoms with van der Waals surface area (Å²) in [6.07, 6.45) is 3.11. The Labute approximate surface area is 129 Å². The third kappa shape index (κ3) is 2.99. The van der Waals surface area contributed by atoms with E-state index in [-0.39, 0.29) is 18.4 Å². The van der Waals surface area contributed by atoms with Crippen molar-refractivity contribution < 1.29 is 19.4 Å². The number of nitrogens with zero attached hydrogens (tertiary/aromatic N) is 1. The van der Waals surface area contributed by atoms with E-state index < -0.39 is 12.0 Å². The Hall–Kier alpha value is -1.88. The zero-order valence-electron chi connectivity index (χ0n) is 12.5. The zero-order valence-corrected chi connectivity index (χ0v) is 12.5. The number of carbonyl (C=O) groups is 2. The molecule has 5 nitrogen and oxygen atoms in total. The van der Waals surface area contributed by atoms with Crippen LogP contribution in [0.4, 0.5) is 0 Å². The Bertz CT molecular complexity index is 572. The van der Waals surface area contributed by atoms with Crippen LogP contribution in [0.3, 0.4) is 0 Å². The second-order valence-electron chi connectivity index (χ2n) is 5.95. The lowest BCUT2D eigenvalue weighted by molar-refractivity contribution is -0.153. The van der Waals surface area contributed by atoms with E-state index in [1.807, 2.05) is 18.2 Å². The maximum atomic E-state index is 12.6. The molecule has 118 valence electrons. The third-order valence-corrected chi connectivity index (χ3v) is 4.56. The molecule has 1 saturated heterocycles. The van der Waals surface area contributed by atoms with Crippen molar-refractivity contribution in [2.24, 2.45) is 0 Å². The number of aliphatic carboxylic acids is 1. The van der Waals surface area contributed by atoms with Gasteiger partial charge in [0.2, 0.25) is 5.91 Å². The van der Waals surface area contributed by atoms with Crippen LogP contribution in [0.1, 0.15) is 42.9 Å². The van der Waals surface area contributed by atoms with Gasteiger partial charge in [0.1, 0.15) is 6.04 Å². The average molecular weight is 303 g/mol. The standard InChI is InChI=1S/C17H21NO4/c19-16(18-9-4-3-7-14(18)17(20)21)11-15-13-6-2-1-5-12(13)8-10-22-15/h1-2,5-6,14-15H,3-4,7-11H2,(H,20,21)/t14-,15-/m1/s1. The number of fused-ring (bicyclic) bond motifs is 1. The fourth-order valence-electron chi connectivity index (χ4n) is 3.41. The van der Waals surface area contributed by atoms with Crippen molar-refractivity contribution in [3.05, 3.63) is 35.4 Å². The lowest BCUT2D eigenvalue weighted by Gasteiger charge is -2.34. The van der Waals surface area contributed by atoms with Crippen molar-refractivity contribution in [3.8, 4) is 0 Å². The first-order valence-corrected chi connectivity index (χ1v) is 7.88. The SMILES string of the molecule is O=C(O)[C@H]1CCCCN1C(=O)C[C@H]1OCCc2ccccc21. The first kappa shape index (κ1) is 15.0. The highest BCUT2D eigenvalue weighted by atomic mass is 16.5. The van der Waals surface area contributed by atoms with E-state index in [1.54, 1.807) is 0 Å². The van der Waals surface area contributed by atoms with E-state index in [9.17, 15) is 14.7 Å². The second-order valence-corrected chi connectivity index (χ2v) is 5.95. The number of ether oxygens (including phenoxy) is 1. The molecule has 0 aromatic heterocycles. The number of rotatable bonds is 3. The van der Waals surface area contributed by atoms with E-state index in [0.29, 0.717) is 19.6 Å². The molecule has 1 N–H and O–H groups in total. The van der Waals surface area contributed by atoms with E-state index >= 15 is 0 Å². The lowest BCUT2D eigenvalue weighted by atomic mass is 9.94. The normalized spacial score (nSPS) is 24.6. The molecule has 0 bridgehead atoms. The first-order valence-electron chi connectivity index (χ1n) is 7.88. The van der Waals surface area contributed by atoms with Gasteiger partial charge in [-0.25, -0.2) is 4.79 Å². The van der Waals surface area contributed by atoms with Crippen LogP contribution in [-0.4, -0.2) is 41.1 Å². The molecule has 1 amide bonds. The number of amides is 1. The maximum absolute atomic E-state index is 12.6. The van der Waals surface area contributed by atoms with Gasteiger partial charge in [0.05, 0.1) is 19.1 Å². The maximum Gasteiger partial charge on any atom is 0.326 e. The van der Waals surface area contributed by atoms with Crippen molar-refractivity contribution in [2.75, 3.05) is 13.2 Å². The van der Waals surface area contributed by atoms with Gasteiger partial charge in [-0.15, -0.1) is 0 Å². The predicted molar refractivity (Wildman–Crippen MR) is 80.4 cm³/mol. The van der Waals surface area contributed by atoms with Crippen LogP contribution < -0.4 is 0 Å². The Morgan fingerprint density at radius 1 is 1.27 bits per heavy atom. The Balaban J connectivity index is 1.73. The van der Waals surface area contributed by atoms with E-state index in [1.165, 1.54) is 10.5 Å². The Morgan fingerprint density at radius 2 is 2.09 bits per heavy atom. The summed E-state index contributed by atoms with van der Waals surface area (Å²) in [7, 11) is 0. The minimum absolute atomic E-state index is 0.117. The van der Waals surface area contributed by atoms with Crippen molar-refractivity contribution in [3.63, 3.8) is 0 Å². The molecule has 22 heavy (non-hydrogen) atoms. The smallest absolute Gasteiger partial charge is 0.326 e.